The Morgan fingerprint density at radius 3 is 2.27 bits per heavy atom. The number of tetrazole rings is 1. The molecule has 0 saturated heterocycles. The lowest BCUT2D eigenvalue weighted by Gasteiger charge is -2.12. The van der Waals surface area contributed by atoms with Gasteiger partial charge in [-0.15, -0.1) is 0 Å². The Kier molecular flexibility index (Phi) is 6.81. The first kappa shape index (κ1) is 25.3. The molecule has 200 valence electrons. The Bertz CT molecular complexity index is 1860. The maximum Gasteiger partial charge on any atom is 0.258 e. The summed E-state index contributed by atoms with van der Waals surface area (Å²) in [5.74, 6) is -0.155. The van der Waals surface area contributed by atoms with Gasteiger partial charge in [0.05, 0.1) is 11.2 Å². The van der Waals surface area contributed by atoms with Crippen LogP contribution in [0.1, 0.15) is 26.3 Å². The number of fused-ring (bicyclic) bond motifs is 1. The zero-order valence-corrected chi connectivity index (χ0v) is 21.8. The van der Waals surface area contributed by atoms with Crippen LogP contribution in [0.2, 0.25) is 0 Å². The van der Waals surface area contributed by atoms with Gasteiger partial charge in [-0.3, -0.25) is 14.9 Å². The molecule has 11 nitrogen and oxygen atoms in total. The second-order valence-corrected chi connectivity index (χ2v) is 9.17. The third kappa shape index (κ3) is 5.59. The molecule has 0 aliphatic heterocycles. The van der Waals surface area contributed by atoms with Crippen molar-refractivity contribution in [2.45, 2.75) is 6.92 Å². The average Bonchev–Trinajstić information content (AvgIpc) is 3.51. The molecule has 2 heterocycles. The fraction of sp³-hybridized carbons (Fsp3) is 0.0333. The number of benzene rings is 4. The number of nitrogens with one attached hydrogen (secondary N) is 4. The van der Waals surface area contributed by atoms with Crippen LogP contribution in [0.5, 0.6) is 0 Å². The Hall–Kier alpha value is -5.97. The predicted molar refractivity (Wildman–Crippen MR) is 156 cm³/mol. The number of para-hydroxylation sites is 1. The standard InChI is InChI=1S/C30H23N9O2/c1-18-11-12-21(28(41)35-30-36-38-39-37-30)17-25(18)32-27(40)20-13-15-22(16-14-20)31-29-33-24-10-6-5-9-23(24)26(34-29)19-7-3-2-4-8-19/h2-17H,1H3,(H,32,40)(H,31,33,34)(H2,35,36,37,38,39,41). The highest BCUT2D eigenvalue weighted by atomic mass is 16.2. The number of aromatic amines is 1. The van der Waals surface area contributed by atoms with Crippen molar-refractivity contribution in [2.75, 3.05) is 16.0 Å². The topological polar surface area (TPSA) is 150 Å². The lowest BCUT2D eigenvalue weighted by molar-refractivity contribution is 0.101. The lowest BCUT2D eigenvalue weighted by Crippen LogP contribution is -2.16. The summed E-state index contributed by atoms with van der Waals surface area (Å²) in [5.41, 5.74) is 5.48. The molecular formula is C30H23N9O2. The minimum absolute atomic E-state index is 0.125. The van der Waals surface area contributed by atoms with Crippen molar-refractivity contribution in [2.24, 2.45) is 0 Å². The molecule has 0 spiro atoms. The normalized spacial score (nSPS) is 10.8. The molecule has 41 heavy (non-hydrogen) atoms. The maximum absolute atomic E-state index is 13.0. The Balaban J connectivity index is 1.18. The van der Waals surface area contributed by atoms with Gasteiger partial charge in [-0.1, -0.05) is 59.7 Å². The van der Waals surface area contributed by atoms with Crippen molar-refractivity contribution < 1.29 is 9.59 Å². The number of aromatic nitrogens is 6. The van der Waals surface area contributed by atoms with Crippen LogP contribution < -0.4 is 16.0 Å². The molecule has 4 N–H and O–H groups in total. The molecule has 0 radical (unpaired) electrons. The Morgan fingerprint density at radius 1 is 0.756 bits per heavy atom. The van der Waals surface area contributed by atoms with Gasteiger partial charge >= 0.3 is 0 Å². The number of nitrogens with zero attached hydrogens (tertiary/aromatic N) is 5. The summed E-state index contributed by atoms with van der Waals surface area (Å²) < 4.78 is 0. The summed E-state index contributed by atoms with van der Waals surface area (Å²) in [4.78, 5) is 35.0. The van der Waals surface area contributed by atoms with Crippen molar-refractivity contribution in [3.63, 3.8) is 0 Å². The zero-order chi connectivity index (χ0) is 28.2. The van der Waals surface area contributed by atoms with Gasteiger partial charge in [0.2, 0.25) is 11.9 Å². The fourth-order valence-corrected chi connectivity index (χ4v) is 4.27. The molecule has 2 aromatic heterocycles. The van der Waals surface area contributed by atoms with E-state index >= 15 is 0 Å². The number of carbonyl (C=O) groups excluding carboxylic acids is 2. The molecule has 4 aromatic carbocycles. The fourth-order valence-electron chi connectivity index (χ4n) is 4.27. The van der Waals surface area contributed by atoms with Gasteiger partial charge in [0, 0.05) is 33.5 Å². The number of aryl methyl sites for hydroxylation is 1. The molecular weight excluding hydrogens is 518 g/mol. The minimum atomic E-state index is -0.416. The number of anilines is 4. The smallest absolute Gasteiger partial charge is 0.258 e. The molecule has 0 aliphatic rings. The van der Waals surface area contributed by atoms with Gasteiger partial charge in [-0.05, 0) is 65.4 Å². The zero-order valence-electron chi connectivity index (χ0n) is 21.8. The third-order valence-corrected chi connectivity index (χ3v) is 6.38. The summed E-state index contributed by atoms with van der Waals surface area (Å²) in [5, 5.41) is 22.6. The summed E-state index contributed by atoms with van der Waals surface area (Å²) in [6.07, 6.45) is 0. The SMILES string of the molecule is Cc1ccc(C(=O)Nc2nnn[nH]2)cc1NC(=O)c1ccc(Nc2nc(-c3ccccc3)c3ccccc3n2)cc1. The van der Waals surface area contributed by atoms with E-state index in [1.165, 1.54) is 0 Å². The van der Waals surface area contributed by atoms with Gasteiger partial charge in [-0.25, -0.2) is 15.1 Å². The molecule has 11 heteroatoms. The summed E-state index contributed by atoms with van der Waals surface area (Å²) in [6, 6.07) is 29.8. The molecule has 0 unspecified atom stereocenters. The van der Waals surface area contributed by atoms with Crippen molar-refractivity contribution in [1.29, 1.82) is 0 Å². The van der Waals surface area contributed by atoms with Crippen LogP contribution in [0.15, 0.2) is 97.1 Å². The van der Waals surface area contributed by atoms with Gasteiger partial charge in [0.25, 0.3) is 11.8 Å². The highest BCUT2D eigenvalue weighted by Crippen LogP contribution is 2.28. The van der Waals surface area contributed by atoms with Crippen LogP contribution >= 0.6 is 0 Å². The van der Waals surface area contributed by atoms with Crippen LogP contribution in [0, 0.1) is 6.92 Å². The van der Waals surface area contributed by atoms with Crippen LogP contribution in [0.4, 0.5) is 23.3 Å². The van der Waals surface area contributed by atoms with E-state index in [1.54, 1.807) is 42.5 Å². The number of carbonyl (C=O) groups is 2. The Morgan fingerprint density at radius 2 is 1.49 bits per heavy atom. The van der Waals surface area contributed by atoms with Crippen molar-refractivity contribution in [1.82, 2.24) is 30.6 Å². The Labute approximate surface area is 234 Å². The van der Waals surface area contributed by atoms with E-state index in [9.17, 15) is 9.59 Å². The third-order valence-electron chi connectivity index (χ3n) is 6.38. The number of rotatable bonds is 7. The number of amides is 2. The molecule has 0 saturated carbocycles. The largest absolute Gasteiger partial charge is 0.324 e. The van der Waals surface area contributed by atoms with Gasteiger partial charge in [-0.2, -0.15) is 0 Å². The summed E-state index contributed by atoms with van der Waals surface area (Å²) >= 11 is 0. The second-order valence-electron chi connectivity index (χ2n) is 9.17. The molecule has 0 atom stereocenters. The van der Waals surface area contributed by atoms with Crippen molar-refractivity contribution in [3.05, 3.63) is 114 Å². The number of hydrogen-bond acceptors (Lipinski definition) is 8. The van der Waals surface area contributed by atoms with Crippen molar-refractivity contribution >= 4 is 46.0 Å². The van der Waals surface area contributed by atoms with Crippen LogP contribution in [-0.2, 0) is 0 Å². The van der Waals surface area contributed by atoms with E-state index in [2.05, 4.69) is 41.6 Å². The van der Waals surface area contributed by atoms with E-state index in [-0.39, 0.29) is 11.9 Å². The van der Waals surface area contributed by atoms with Crippen molar-refractivity contribution in [3.8, 4) is 11.3 Å². The van der Waals surface area contributed by atoms with Gasteiger partial charge in [0.1, 0.15) is 0 Å². The highest BCUT2D eigenvalue weighted by Gasteiger charge is 2.14. The lowest BCUT2D eigenvalue weighted by atomic mass is 10.1. The van der Waals surface area contributed by atoms with E-state index < -0.39 is 5.91 Å². The maximum atomic E-state index is 13.0. The number of hydrogen-bond donors (Lipinski definition) is 4. The van der Waals surface area contributed by atoms with Crippen LogP contribution in [-0.4, -0.2) is 42.4 Å². The first-order valence-electron chi connectivity index (χ1n) is 12.7. The van der Waals surface area contributed by atoms with Crippen LogP contribution in [0.3, 0.4) is 0 Å². The second kappa shape index (κ2) is 11.0. The summed E-state index contributed by atoms with van der Waals surface area (Å²) in [7, 11) is 0. The molecule has 6 rings (SSSR count). The van der Waals surface area contributed by atoms with E-state index in [4.69, 9.17) is 4.98 Å². The predicted octanol–water partition coefficient (Wildman–Crippen LogP) is 5.37. The molecule has 0 aliphatic carbocycles. The molecule has 6 aromatic rings. The minimum Gasteiger partial charge on any atom is -0.324 e. The van der Waals surface area contributed by atoms with E-state index in [1.807, 2.05) is 61.5 Å². The van der Waals surface area contributed by atoms with E-state index in [0.717, 1.165) is 33.4 Å². The quantitative estimate of drug-likeness (QED) is 0.211. The van der Waals surface area contributed by atoms with Crippen LogP contribution in [0.25, 0.3) is 22.2 Å². The summed E-state index contributed by atoms with van der Waals surface area (Å²) in [6.45, 7) is 1.85. The molecule has 0 fully saturated rings. The van der Waals surface area contributed by atoms with E-state index in [0.29, 0.717) is 22.8 Å². The first-order valence-corrected chi connectivity index (χ1v) is 12.7. The van der Waals surface area contributed by atoms with Gasteiger partial charge < -0.3 is 10.6 Å². The highest BCUT2D eigenvalue weighted by molar-refractivity contribution is 6.07. The molecule has 2 amide bonds. The monoisotopic (exact) mass is 541 g/mol. The average molecular weight is 542 g/mol. The first-order chi connectivity index (χ1) is 20.0. The number of H-pyrrole nitrogens is 1. The van der Waals surface area contributed by atoms with Gasteiger partial charge in [0.15, 0.2) is 0 Å². The molecule has 0 bridgehead atoms.